The van der Waals surface area contributed by atoms with Crippen molar-refractivity contribution in [3.8, 4) is 5.75 Å². The van der Waals surface area contributed by atoms with E-state index in [4.69, 9.17) is 4.74 Å². The first-order valence-electron chi connectivity index (χ1n) is 10.7. The maximum absolute atomic E-state index is 11.6. The summed E-state index contributed by atoms with van der Waals surface area (Å²) in [4.78, 5) is 0. The molecule has 1 N–H and O–H groups in total. The second kappa shape index (κ2) is 13.2. The molecule has 156 valence electrons. The average Bonchev–Trinajstić information content (AvgIpc) is 2.62. The summed E-state index contributed by atoms with van der Waals surface area (Å²) in [6.07, 6.45) is 12.3. The van der Waals surface area contributed by atoms with Crippen molar-refractivity contribution >= 4 is 10.1 Å². The van der Waals surface area contributed by atoms with Gasteiger partial charge in [-0.05, 0) is 42.9 Å². The molecular formula is C22H38O4S. The summed E-state index contributed by atoms with van der Waals surface area (Å²) in [5.74, 6) is 0.597. The van der Waals surface area contributed by atoms with Gasteiger partial charge in [0.05, 0.1) is 0 Å². The van der Waals surface area contributed by atoms with E-state index in [0.717, 1.165) is 31.2 Å². The Hall–Kier alpha value is -1.07. The zero-order valence-electron chi connectivity index (χ0n) is 17.4. The Labute approximate surface area is 166 Å². The lowest BCUT2D eigenvalue weighted by Gasteiger charge is -2.19. The van der Waals surface area contributed by atoms with Gasteiger partial charge in [0.1, 0.15) is 5.75 Å². The van der Waals surface area contributed by atoms with Crippen LogP contribution in [0.4, 0.5) is 0 Å². The molecule has 0 saturated carbocycles. The third-order valence-corrected chi connectivity index (χ3v) is 5.85. The molecule has 0 radical (unpaired) electrons. The largest absolute Gasteiger partial charge is 0.472 e. The molecule has 1 unspecified atom stereocenters. The van der Waals surface area contributed by atoms with Crippen molar-refractivity contribution in [1.29, 1.82) is 0 Å². The molecule has 0 amide bonds. The minimum absolute atomic E-state index is 0.285. The lowest BCUT2D eigenvalue weighted by atomic mass is 9.99. The number of hydrogen-bond acceptors (Lipinski definition) is 3. The average molecular weight is 399 g/mol. The number of benzene rings is 1. The predicted octanol–water partition coefficient (Wildman–Crippen LogP) is 6.33. The Kier molecular flexibility index (Phi) is 11.7. The lowest BCUT2D eigenvalue weighted by molar-refractivity contribution is 0.243. The molecule has 0 aliphatic carbocycles. The maximum atomic E-state index is 11.6. The molecular weight excluding hydrogens is 360 g/mol. The van der Waals surface area contributed by atoms with E-state index in [2.05, 4.69) is 19.9 Å². The quantitative estimate of drug-likeness (QED) is 0.277. The molecule has 0 aromatic heterocycles. The first-order chi connectivity index (χ1) is 12.9. The molecule has 0 aliphatic rings. The van der Waals surface area contributed by atoms with Crippen LogP contribution in [0.15, 0.2) is 18.2 Å². The highest BCUT2D eigenvalue weighted by molar-refractivity contribution is 7.86. The minimum atomic E-state index is -4.22. The number of unbranched alkanes of at least 4 members (excludes halogenated alkanes) is 6. The zero-order chi connectivity index (χ0) is 20.1. The lowest BCUT2D eigenvalue weighted by Crippen LogP contribution is -2.27. The van der Waals surface area contributed by atoms with Crippen LogP contribution in [0.25, 0.3) is 0 Å². The summed E-state index contributed by atoms with van der Waals surface area (Å²) in [6, 6.07) is 6.09. The molecule has 0 saturated heterocycles. The number of aryl methyl sites for hydroxylation is 2. The normalized spacial score (nSPS) is 12.9. The highest BCUT2D eigenvalue weighted by Crippen LogP contribution is 2.26. The first-order valence-corrected chi connectivity index (χ1v) is 12.2. The van der Waals surface area contributed by atoms with Crippen LogP contribution in [0.2, 0.25) is 0 Å². The summed E-state index contributed by atoms with van der Waals surface area (Å²) >= 11 is 0. The van der Waals surface area contributed by atoms with Crippen LogP contribution in [0.1, 0.15) is 96.1 Å². The first kappa shape index (κ1) is 24.0. The van der Waals surface area contributed by atoms with Gasteiger partial charge in [0.15, 0.2) is 0 Å². The van der Waals surface area contributed by atoms with Crippen molar-refractivity contribution in [2.45, 2.75) is 103 Å². The monoisotopic (exact) mass is 398 g/mol. The zero-order valence-corrected chi connectivity index (χ0v) is 18.2. The highest BCUT2D eigenvalue weighted by Gasteiger charge is 2.25. The summed E-state index contributed by atoms with van der Waals surface area (Å²) in [5.41, 5.74) is 1.15. The Morgan fingerprint density at radius 2 is 1.52 bits per heavy atom. The van der Waals surface area contributed by atoms with Gasteiger partial charge < -0.3 is 4.74 Å². The van der Waals surface area contributed by atoms with Crippen LogP contribution in [0.3, 0.4) is 0 Å². The number of hydrogen-bond donors (Lipinski definition) is 1. The van der Waals surface area contributed by atoms with Gasteiger partial charge in [-0.2, -0.15) is 8.42 Å². The molecule has 27 heavy (non-hydrogen) atoms. The highest BCUT2D eigenvalue weighted by atomic mass is 32.2. The van der Waals surface area contributed by atoms with E-state index in [1.54, 1.807) is 0 Å². The second-order valence-corrected chi connectivity index (χ2v) is 8.97. The van der Waals surface area contributed by atoms with Crippen molar-refractivity contribution in [2.75, 3.05) is 0 Å². The van der Waals surface area contributed by atoms with Gasteiger partial charge in [0.25, 0.3) is 0 Å². The van der Waals surface area contributed by atoms with E-state index >= 15 is 0 Å². The van der Waals surface area contributed by atoms with Crippen LogP contribution >= 0.6 is 0 Å². The summed E-state index contributed by atoms with van der Waals surface area (Å²) < 4.78 is 38.5. The SMILES string of the molecule is CCCCCCc1ccc(OC(CCC)S(=O)(=O)O)c(CCCCCC)c1. The molecule has 1 aromatic carbocycles. The van der Waals surface area contributed by atoms with Crippen LogP contribution in [-0.2, 0) is 23.0 Å². The minimum Gasteiger partial charge on any atom is -0.472 e. The van der Waals surface area contributed by atoms with Gasteiger partial charge in [0, 0.05) is 6.42 Å². The van der Waals surface area contributed by atoms with Crippen molar-refractivity contribution in [2.24, 2.45) is 0 Å². The third-order valence-electron chi connectivity index (χ3n) is 4.86. The topological polar surface area (TPSA) is 63.6 Å². The van der Waals surface area contributed by atoms with Gasteiger partial charge in [-0.25, -0.2) is 0 Å². The molecule has 0 spiro atoms. The van der Waals surface area contributed by atoms with E-state index < -0.39 is 15.6 Å². The van der Waals surface area contributed by atoms with Gasteiger partial charge in [-0.15, -0.1) is 0 Å². The van der Waals surface area contributed by atoms with E-state index in [1.807, 2.05) is 19.1 Å². The smallest absolute Gasteiger partial charge is 0.303 e. The maximum Gasteiger partial charge on any atom is 0.303 e. The van der Waals surface area contributed by atoms with Crippen molar-refractivity contribution in [1.82, 2.24) is 0 Å². The molecule has 0 fully saturated rings. The number of rotatable bonds is 15. The van der Waals surface area contributed by atoms with Crippen LogP contribution in [0.5, 0.6) is 5.75 Å². The molecule has 1 aromatic rings. The fraction of sp³-hybridized carbons (Fsp3) is 0.727. The molecule has 1 atom stereocenters. The molecule has 5 heteroatoms. The second-order valence-electron chi connectivity index (χ2n) is 7.41. The van der Waals surface area contributed by atoms with Gasteiger partial charge >= 0.3 is 10.1 Å². The van der Waals surface area contributed by atoms with Gasteiger partial charge in [-0.3, -0.25) is 4.55 Å². The number of ether oxygens (including phenoxy) is 1. The van der Waals surface area contributed by atoms with Gasteiger partial charge in [0.2, 0.25) is 5.44 Å². The van der Waals surface area contributed by atoms with E-state index in [1.165, 1.54) is 44.1 Å². The summed E-state index contributed by atoms with van der Waals surface area (Å²) in [7, 11) is -4.22. The van der Waals surface area contributed by atoms with Crippen molar-refractivity contribution in [3.63, 3.8) is 0 Å². The molecule has 0 heterocycles. The van der Waals surface area contributed by atoms with Crippen molar-refractivity contribution in [3.05, 3.63) is 29.3 Å². The van der Waals surface area contributed by atoms with E-state index in [0.29, 0.717) is 12.2 Å². The Morgan fingerprint density at radius 1 is 0.889 bits per heavy atom. The Balaban J connectivity index is 2.91. The van der Waals surface area contributed by atoms with Crippen LogP contribution < -0.4 is 4.74 Å². The van der Waals surface area contributed by atoms with Crippen LogP contribution in [0, 0.1) is 0 Å². The fourth-order valence-electron chi connectivity index (χ4n) is 3.24. The molecule has 0 aliphatic heterocycles. The molecule has 1 rings (SSSR count). The Bertz CT molecular complexity index is 625. The molecule has 0 bridgehead atoms. The molecule has 4 nitrogen and oxygen atoms in total. The van der Waals surface area contributed by atoms with Gasteiger partial charge in [-0.1, -0.05) is 77.8 Å². The third kappa shape index (κ3) is 9.61. The predicted molar refractivity (Wildman–Crippen MR) is 113 cm³/mol. The summed E-state index contributed by atoms with van der Waals surface area (Å²) in [6.45, 7) is 6.28. The van der Waals surface area contributed by atoms with E-state index in [9.17, 15) is 13.0 Å². The fourth-order valence-corrected chi connectivity index (χ4v) is 4.00. The standard InChI is InChI=1S/C22H38O4S/c1-4-7-9-11-14-19-16-17-21(20(18-19)15-12-10-8-5-2)26-22(13-6-3)27(23,24)25/h16-18,22H,4-15H2,1-3H3,(H,23,24,25). The van der Waals surface area contributed by atoms with E-state index in [-0.39, 0.29) is 6.42 Å². The van der Waals surface area contributed by atoms with Crippen molar-refractivity contribution < 1.29 is 17.7 Å². The summed E-state index contributed by atoms with van der Waals surface area (Å²) in [5, 5.41) is 0. The van der Waals surface area contributed by atoms with Crippen LogP contribution in [-0.4, -0.2) is 18.4 Å². The Morgan fingerprint density at radius 3 is 2.07 bits per heavy atom.